The van der Waals surface area contributed by atoms with E-state index in [1.54, 1.807) is 13.3 Å². The summed E-state index contributed by atoms with van der Waals surface area (Å²) in [4.78, 5) is 0. The molecule has 0 radical (unpaired) electrons. The quantitative estimate of drug-likeness (QED) is 0.667. The van der Waals surface area contributed by atoms with Gasteiger partial charge >= 0.3 is 0 Å². The van der Waals surface area contributed by atoms with Gasteiger partial charge in [-0.1, -0.05) is 5.16 Å². The van der Waals surface area contributed by atoms with Crippen molar-refractivity contribution in [2.75, 3.05) is 24.2 Å². The van der Waals surface area contributed by atoms with Gasteiger partial charge in [0.1, 0.15) is 22.1 Å². The lowest BCUT2D eigenvalue weighted by Crippen LogP contribution is -2.27. The van der Waals surface area contributed by atoms with Crippen molar-refractivity contribution in [2.45, 2.75) is 31.9 Å². The Balaban J connectivity index is 1.53. The topological polar surface area (TPSA) is 91.4 Å². The maximum atomic E-state index is 12.5. The van der Waals surface area contributed by atoms with Crippen molar-refractivity contribution in [2.24, 2.45) is 0 Å². The van der Waals surface area contributed by atoms with Crippen LogP contribution in [0, 0.1) is 0 Å². The summed E-state index contributed by atoms with van der Waals surface area (Å²) in [5.74, 6) is 1.46. The Labute approximate surface area is 159 Å². The molecular formula is C18H22N4O4S. The second kappa shape index (κ2) is 8.10. The highest BCUT2D eigenvalue weighted by Gasteiger charge is 2.20. The monoisotopic (exact) mass is 390 g/mol. The van der Waals surface area contributed by atoms with Gasteiger partial charge in [-0.3, -0.25) is 9.40 Å². The highest BCUT2D eigenvalue weighted by Crippen LogP contribution is 2.34. The molecule has 1 N–H and O–H groups in total. The number of nitrogens with one attached hydrogen (secondary N) is 1. The number of methoxy groups -OCH3 is 1. The molecule has 2 aromatic heterocycles. The van der Waals surface area contributed by atoms with Crippen molar-refractivity contribution in [3.8, 4) is 5.75 Å². The number of fused-ring (bicyclic) bond motifs is 1. The number of hydrogen-bond donors (Lipinski definition) is 1. The highest BCUT2D eigenvalue weighted by molar-refractivity contribution is 7.86. The summed E-state index contributed by atoms with van der Waals surface area (Å²) in [7, 11) is 0.281. The van der Waals surface area contributed by atoms with E-state index in [4.69, 9.17) is 14.0 Å². The molecule has 0 amide bonds. The number of nitrogens with zero attached hydrogens (tertiary/aromatic N) is 3. The fourth-order valence-electron chi connectivity index (χ4n) is 3.25. The lowest BCUT2D eigenvalue weighted by atomic mass is 10.1. The lowest BCUT2D eigenvalue weighted by Gasteiger charge is -2.21. The minimum absolute atomic E-state index is 0.0211. The van der Waals surface area contributed by atoms with Gasteiger partial charge in [-0.2, -0.15) is 5.10 Å². The first-order chi connectivity index (χ1) is 13.2. The van der Waals surface area contributed by atoms with Crippen LogP contribution in [0.1, 0.15) is 24.8 Å². The van der Waals surface area contributed by atoms with Crippen LogP contribution in [-0.4, -0.2) is 44.7 Å². The van der Waals surface area contributed by atoms with E-state index in [0.717, 1.165) is 31.4 Å². The van der Waals surface area contributed by atoms with Gasteiger partial charge in [0.2, 0.25) is 0 Å². The van der Waals surface area contributed by atoms with Crippen LogP contribution in [0.15, 0.2) is 35.1 Å². The standard InChI is InChI=1S/C18H22N4O4S/c1-24-15-9-13(11-22-7-4-6-19-22)10-16-17(15)18(20-26-16)21-27(23)12-14-5-2-3-8-25-14/h4,6-7,9-10,14H,2-3,5,8,11-12H2,1H3,(H,20,21). The zero-order valence-corrected chi connectivity index (χ0v) is 15.9. The number of aromatic nitrogens is 3. The normalized spacial score (nSPS) is 18.5. The Kier molecular flexibility index (Phi) is 5.40. The van der Waals surface area contributed by atoms with E-state index in [1.807, 2.05) is 29.1 Å². The third-order valence-electron chi connectivity index (χ3n) is 4.54. The maximum Gasteiger partial charge on any atom is 0.192 e. The summed E-state index contributed by atoms with van der Waals surface area (Å²) in [6.45, 7) is 1.33. The smallest absolute Gasteiger partial charge is 0.192 e. The average molecular weight is 390 g/mol. The number of ether oxygens (including phenoxy) is 2. The molecule has 1 aliphatic rings. The van der Waals surface area contributed by atoms with Gasteiger partial charge in [0.25, 0.3) is 0 Å². The van der Waals surface area contributed by atoms with E-state index in [2.05, 4.69) is 15.0 Å². The largest absolute Gasteiger partial charge is 0.496 e. The van der Waals surface area contributed by atoms with Crippen molar-refractivity contribution >= 4 is 27.8 Å². The van der Waals surface area contributed by atoms with Crippen LogP contribution in [0.4, 0.5) is 5.82 Å². The molecule has 1 aliphatic heterocycles. The third-order valence-corrected chi connectivity index (χ3v) is 5.64. The first-order valence-electron chi connectivity index (χ1n) is 8.93. The Morgan fingerprint density at radius 3 is 3.07 bits per heavy atom. The second-order valence-electron chi connectivity index (χ2n) is 6.51. The molecule has 8 nitrogen and oxygen atoms in total. The summed E-state index contributed by atoms with van der Waals surface area (Å²) < 4.78 is 33.9. The summed E-state index contributed by atoms with van der Waals surface area (Å²) in [5, 5.41) is 8.95. The average Bonchev–Trinajstić information content (AvgIpc) is 3.32. The van der Waals surface area contributed by atoms with Gasteiger partial charge in [0, 0.05) is 19.0 Å². The van der Waals surface area contributed by atoms with Crippen molar-refractivity contribution in [1.82, 2.24) is 14.9 Å². The summed E-state index contributed by atoms with van der Waals surface area (Å²) in [5.41, 5.74) is 1.55. The summed E-state index contributed by atoms with van der Waals surface area (Å²) in [6.07, 6.45) is 6.77. The Hall–Kier alpha value is -2.39. The molecule has 9 heteroatoms. The molecule has 1 fully saturated rings. The Bertz CT molecular complexity index is 919. The fraction of sp³-hybridized carbons (Fsp3) is 0.444. The van der Waals surface area contributed by atoms with Crippen LogP contribution >= 0.6 is 0 Å². The molecule has 2 unspecified atom stereocenters. The van der Waals surface area contributed by atoms with Crippen LogP contribution in [0.3, 0.4) is 0 Å². The Morgan fingerprint density at radius 1 is 1.41 bits per heavy atom. The molecule has 0 saturated carbocycles. The fourth-order valence-corrected chi connectivity index (χ4v) is 4.29. The second-order valence-corrected chi connectivity index (χ2v) is 7.74. The SMILES string of the molecule is COc1cc(Cn2cccn2)cc2onc(NS(=O)CC3CCCCO3)c12. The predicted molar refractivity (Wildman–Crippen MR) is 102 cm³/mol. The first kappa shape index (κ1) is 18.0. The van der Waals surface area contributed by atoms with Gasteiger partial charge < -0.3 is 14.0 Å². The van der Waals surface area contributed by atoms with E-state index in [-0.39, 0.29) is 6.10 Å². The van der Waals surface area contributed by atoms with Crippen LogP contribution in [-0.2, 0) is 22.3 Å². The van der Waals surface area contributed by atoms with Crippen molar-refractivity contribution < 1.29 is 18.2 Å². The third kappa shape index (κ3) is 4.14. The van der Waals surface area contributed by atoms with E-state index in [0.29, 0.717) is 34.8 Å². The molecule has 0 spiro atoms. The number of hydrogen-bond acceptors (Lipinski definition) is 6. The molecule has 1 saturated heterocycles. The number of benzene rings is 1. The van der Waals surface area contributed by atoms with Gasteiger partial charge in [-0.05, 0) is 43.0 Å². The van der Waals surface area contributed by atoms with Gasteiger partial charge in [0.15, 0.2) is 11.4 Å². The lowest BCUT2D eigenvalue weighted by molar-refractivity contribution is 0.0311. The van der Waals surface area contributed by atoms with Crippen LogP contribution < -0.4 is 9.46 Å². The molecule has 144 valence electrons. The predicted octanol–water partition coefficient (Wildman–Crippen LogP) is 2.73. The van der Waals surface area contributed by atoms with Crippen molar-refractivity contribution in [3.05, 3.63) is 36.2 Å². The van der Waals surface area contributed by atoms with Crippen molar-refractivity contribution in [3.63, 3.8) is 0 Å². The molecule has 2 atom stereocenters. The highest BCUT2D eigenvalue weighted by atomic mass is 32.2. The van der Waals surface area contributed by atoms with Crippen LogP contribution in [0.5, 0.6) is 5.75 Å². The summed E-state index contributed by atoms with van der Waals surface area (Å²) in [6, 6.07) is 5.68. The molecule has 3 heterocycles. The molecule has 3 aromatic rings. The molecule has 0 bridgehead atoms. The summed E-state index contributed by atoms with van der Waals surface area (Å²) >= 11 is 0. The van der Waals surface area contributed by atoms with Crippen LogP contribution in [0.25, 0.3) is 11.0 Å². The van der Waals surface area contributed by atoms with Crippen LogP contribution in [0.2, 0.25) is 0 Å². The molecule has 4 rings (SSSR count). The zero-order valence-electron chi connectivity index (χ0n) is 15.1. The minimum Gasteiger partial charge on any atom is -0.496 e. The number of rotatable bonds is 7. The molecule has 27 heavy (non-hydrogen) atoms. The maximum absolute atomic E-state index is 12.5. The van der Waals surface area contributed by atoms with Gasteiger partial charge in [-0.25, -0.2) is 4.21 Å². The van der Waals surface area contributed by atoms with E-state index < -0.39 is 11.0 Å². The number of anilines is 1. The van der Waals surface area contributed by atoms with Crippen molar-refractivity contribution in [1.29, 1.82) is 0 Å². The first-order valence-corrected chi connectivity index (χ1v) is 10.2. The van der Waals surface area contributed by atoms with E-state index in [9.17, 15) is 4.21 Å². The van der Waals surface area contributed by atoms with Gasteiger partial charge in [0.05, 0.1) is 25.5 Å². The Morgan fingerprint density at radius 2 is 2.33 bits per heavy atom. The molecule has 0 aliphatic carbocycles. The molecule has 1 aromatic carbocycles. The molecular weight excluding hydrogens is 368 g/mol. The van der Waals surface area contributed by atoms with Gasteiger partial charge in [-0.15, -0.1) is 0 Å². The van der Waals surface area contributed by atoms with E-state index >= 15 is 0 Å². The van der Waals surface area contributed by atoms with E-state index in [1.165, 1.54) is 0 Å². The zero-order chi connectivity index (χ0) is 18.6. The minimum atomic E-state index is -1.31.